The number of rotatable bonds is 4. The summed E-state index contributed by atoms with van der Waals surface area (Å²) in [6.45, 7) is 3.33. The Kier molecular flexibility index (Phi) is 5.30. The molecule has 1 rings (SSSR count). The van der Waals surface area contributed by atoms with Gasteiger partial charge < -0.3 is 9.15 Å². The van der Waals surface area contributed by atoms with Crippen molar-refractivity contribution in [1.29, 1.82) is 5.26 Å². The van der Waals surface area contributed by atoms with Crippen LogP contribution in [0, 0.1) is 18.3 Å². The lowest BCUT2D eigenvalue weighted by molar-refractivity contribution is -0.112. The van der Waals surface area contributed by atoms with Gasteiger partial charge in [-0.05, 0) is 13.8 Å². The third-order valence-electron chi connectivity index (χ3n) is 2.37. The molecule has 6 nitrogen and oxygen atoms in total. The van der Waals surface area contributed by atoms with Crippen molar-refractivity contribution >= 4 is 17.8 Å². The van der Waals surface area contributed by atoms with E-state index in [1.165, 1.54) is 20.1 Å². The lowest BCUT2D eigenvalue weighted by atomic mass is 10.1. The van der Waals surface area contributed by atoms with Gasteiger partial charge in [0.1, 0.15) is 23.0 Å². The van der Waals surface area contributed by atoms with E-state index in [0.717, 1.165) is 0 Å². The van der Waals surface area contributed by atoms with Crippen LogP contribution in [0.15, 0.2) is 28.7 Å². The summed E-state index contributed by atoms with van der Waals surface area (Å²) in [5, 5.41) is 11.5. The van der Waals surface area contributed by atoms with E-state index in [9.17, 15) is 9.59 Å². The monoisotopic (exact) mass is 274 g/mol. The maximum Gasteiger partial charge on any atom is 0.342 e. The van der Waals surface area contributed by atoms with E-state index in [1.807, 2.05) is 13.0 Å². The van der Waals surface area contributed by atoms with Crippen LogP contribution in [0.25, 0.3) is 0 Å². The second kappa shape index (κ2) is 6.95. The summed E-state index contributed by atoms with van der Waals surface area (Å²) in [4.78, 5) is 23.2. The van der Waals surface area contributed by atoms with E-state index in [4.69, 9.17) is 9.68 Å². The number of amides is 1. The zero-order valence-electron chi connectivity index (χ0n) is 11.4. The molecule has 0 bridgehead atoms. The molecule has 1 amide bonds. The molecular weight excluding hydrogens is 260 g/mol. The molecule has 0 aliphatic carbocycles. The summed E-state index contributed by atoms with van der Waals surface area (Å²) in [6, 6.07) is 1.83. The van der Waals surface area contributed by atoms with Crippen molar-refractivity contribution in [3.8, 4) is 6.07 Å². The van der Waals surface area contributed by atoms with Gasteiger partial charge in [-0.3, -0.25) is 10.1 Å². The average Bonchev–Trinajstić information content (AvgIpc) is 2.73. The van der Waals surface area contributed by atoms with Crippen LogP contribution in [0.3, 0.4) is 0 Å². The van der Waals surface area contributed by atoms with Gasteiger partial charge in [0.2, 0.25) is 5.88 Å². The van der Waals surface area contributed by atoms with Crippen LogP contribution in [0.5, 0.6) is 0 Å². The topological polar surface area (TPSA) is 92.3 Å². The quantitative estimate of drug-likeness (QED) is 0.516. The molecule has 0 saturated carbocycles. The highest BCUT2D eigenvalue weighted by atomic mass is 16.5. The summed E-state index contributed by atoms with van der Waals surface area (Å²) in [7, 11) is 1.20. The number of nitrogens with zero attached hydrogens (tertiary/aromatic N) is 1. The van der Waals surface area contributed by atoms with Gasteiger partial charge in [0.15, 0.2) is 0 Å². The zero-order chi connectivity index (χ0) is 15.1. The largest absolute Gasteiger partial charge is 0.465 e. The highest BCUT2D eigenvalue weighted by Gasteiger charge is 2.24. The number of carbonyl (C=O) groups is 2. The number of nitrogens with one attached hydrogen (secondary N) is 1. The van der Waals surface area contributed by atoms with Gasteiger partial charge in [-0.1, -0.05) is 18.2 Å². The molecule has 1 N–H and O–H groups in total. The molecular formula is C14H14N2O4. The Morgan fingerprint density at radius 1 is 1.40 bits per heavy atom. The third-order valence-corrected chi connectivity index (χ3v) is 2.37. The molecule has 0 unspecified atom stereocenters. The van der Waals surface area contributed by atoms with Crippen molar-refractivity contribution in [2.24, 2.45) is 0 Å². The van der Waals surface area contributed by atoms with Gasteiger partial charge >= 0.3 is 5.97 Å². The second-order valence-corrected chi connectivity index (χ2v) is 3.71. The van der Waals surface area contributed by atoms with Crippen LogP contribution in [-0.4, -0.2) is 19.0 Å². The van der Waals surface area contributed by atoms with Crippen molar-refractivity contribution in [3.05, 3.63) is 41.2 Å². The van der Waals surface area contributed by atoms with Crippen molar-refractivity contribution < 1.29 is 18.7 Å². The molecule has 104 valence electrons. The van der Waals surface area contributed by atoms with E-state index in [2.05, 4.69) is 10.1 Å². The van der Waals surface area contributed by atoms with Crippen LogP contribution in [0.4, 0.5) is 5.88 Å². The number of aryl methyl sites for hydroxylation is 1. The molecule has 0 saturated heterocycles. The van der Waals surface area contributed by atoms with Gasteiger partial charge in [-0.15, -0.1) is 0 Å². The van der Waals surface area contributed by atoms with E-state index in [1.54, 1.807) is 18.2 Å². The van der Waals surface area contributed by atoms with Crippen molar-refractivity contribution in [2.45, 2.75) is 13.8 Å². The molecule has 1 heterocycles. The lowest BCUT2D eigenvalue weighted by Crippen LogP contribution is -2.09. The number of furan rings is 1. The minimum atomic E-state index is -0.687. The molecule has 0 spiro atoms. The van der Waals surface area contributed by atoms with Crippen LogP contribution >= 0.6 is 0 Å². The highest BCUT2D eigenvalue weighted by Crippen LogP contribution is 2.26. The Bertz CT molecular complexity index is 618. The number of anilines is 1. The van der Waals surface area contributed by atoms with Gasteiger partial charge in [-0.2, -0.15) is 5.26 Å². The SMILES string of the molecule is C/C=C/C=C/C(=O)Nc1oc(C)c(C(=O)OC)c1C#N. The molecule has 0 aliphatic heterocycles. The number of ether oxygens (including phenoxy) is 1. The number of hydrogen-bond donors (Lipinski definition) is 1. The maximum absolute atomic E-state index is 11.6. The van der Waals surface area contributed by atoms with Crippen LogP contribution in [0.2, 0.25) is 0 Å². The van der Waals surface area contributed by atoms with E-state index in [0.29, 0.717) is 0 Å². The van der Waals surface area contributed by atoms with Crippen LogP contribution in [-0.2, 0) is 9.53 Å². The molecule has 0 aliphatic rings. The lowest BCUT2D eigenvalue weighted by Gasteiger charge is -1.98. The average molecular weight is 274 g/mol. The molecule has 0 fully saturated rings. The number of nitriles is 1. The summed E-state index contributed by atoms with van der Waals surface area (Å²) in [5.74, 6) is -1.01. The fraction of sp³-hybridized carbons (Fsp3) is 0.214. The van der Waals surface area contributed by atoms with Crippen LogP contribution in [0.1, 0.15) is 28.6 Å². The van der Waals surface area contributed by atoms with Crippen molar-refractivity contribution in [1.82, 2.24) is 0 Å². The van der Waals surface area contributed by atoms with Crippen LogP contribution < -0.4 is 5.32 Å². The standard InChI is InChI=1S/C14H14N2O4/c1-4-5-6-7-11(17)16-13-10(8-15)12(9(2)20-13)14(18)19-3/h4-7H,1-3H3,(H,16,17)/b5-4+,7-6+. The first-order valence-electron chi connectivity index (χ1n) is 5.77. The summed E-state index contributed by atoms with van der Waals surface area (Å²) < 4.78 is 9.80. The summed E-state index contributed by atoms with van der Waals surface area (Å²) in [6.07, 6.45) is 6.25. The Hall–Kier alpha value is -2.81. The minimum absolute atomic E-state index is 0.0164. The minimum Gasteiger partial charge on any atom is -0.465 e. The number of allylic oxidation sites excluding steroid dienone is 3. The first-order valence-corrected chi connectivity index (χ1v) is 5.77. The molecule has 0 atom stereocenters. The van der Waals surface area contributed by atoms with Crippen molar-refractivity contribution in [2.75, 3.05) is 12.4 Å². The first-order chi connectivity index (χ1) is 9.54. The molecule has 0 radical (unpaired) electrons. The fourth-order valence-corrected chi connectivity index (χ4v) is 1.49. The molecule has 20 heavy (non-hydrogen) atoms. The summed E-state index contributed by atoms with van der Waals surface area (Å²) in [5.41, 5.74) is -0.0372. The fourth-order valence-electron chi connectivity index (χ4n) is 1.49. The first kappa shape index (κ1) is 15.2. The Labute approximate surface area is 116 Å². The molecule has 0 aromatic carbocycles. The predicted octanol–water partition coefficient (Wildman–Crippen LogP) is 2.32. The van der Waals surface area contributed by atoms with E-state index >= 15 is 0 Å². The number of carbonyl (C=O) groups excluding carboxylic acids is 2. The zero-order valence-corrected chi connectivity index (χ0v) is 11.4. The third kappa shape index (κ3) is 3.36. The molecule has 1 aromatic rings. The maximum atomic E-state index is 11.6. The van der Waals surface area contributed by atoms with Gasteiger partial charge in [0, 0.05) is 6.08 Å². The number of esters is 1. The highest BCUT2D eigenvalue weighted by molar-refractivity contribution is 6.02. The van der Waals surface area contributed by atoms with E-state index in [-0.39, 0.29) is 22.8 Å². The summed E-state index contributed by atoms with van der Waals surface area (Å²) >= 11 is 0. The van der Waals surface area contributed by atoms with Crippen molar-refractivity contribution in [3.63, 3.8) is 0 Å². The van der Waals surface area contributed by atoms with E-state index < -0.39 is 11.9 Å². The Morgan fingerprint density at radius 2 is 2.10 bits per heavy atom. The van der Waals surface area contributed by atoms with Gasteiger partial charge in [0.05, 0.1) is 7.11 Å². The Morgan fingerprint density at radius 3 is 2.65 bits per heavy atom. The predicted molar refractivity (Wildman–Crippen MR) is 72.1 cm³/mol. The molecule has 1 aromatic heterocycles. The Balaban J connectivity index is 3.06. The second-order valence-electron chi connectivity index (χ2n) is 3.71. The van der Waals surface area contributed by atoms with Gasteiger partial charge in [0.25, 0.3) is 5.91 Å². The number of hydrogen-bond acceptors (Lipinski definition) is 5. The van der Waals surface area contributed by atoms with Gasteiger partial charge in [-0.25, -0.2) is 4.79 Å². The smallest absolute Gasteiger partial charge is 0.342 e. The molecule has 6 heteroatoms. The number of methoxy groups -OCH3 is 1. The normalized spacial score (nSPS) is 10.7.